The van der Waals surface area contributed by atoms with Crippen LogP contribution in [0.4, 0.5) is 0 Å². The first kappa shape index (κ1) is 15.5. The zero-order valence-corrected chi connectivity index (χ0v) is 11.9. The summed E-state index contributed by atoms with van der Waals surface area (Å²) in [7, 11) is 0. The topological polar surface area (TPSA) is 55.1 Å². The Bertz CT molecular complexity index is 231. The fraction of sp³-hybridized carbons (Fsp3) is 0.933. The number of amides is 1. The summed E-state index contributed by atoms with van der Waals surface area (Å²) in [6, 6.07) is 0.709. The smallest absolute Gasteiger partial charge is 0.217 e. The molecule has 1 rings (SSSR count). The van der Waals surface area contributed by atoms with Crippen LogP contribution in [0.15, 0.2) is 0 Å². The quantitative estimate of drug-likeness (QED) is 0.517. The Labute approximate surface area is 112 Å². The Kier molecular flexibility index (Phi) is 8.06. The van der Waals surface area contributed by atoms with Crippen LogP contribution in [-0.4, -0.2) is 18.5 Å². The Balaban J connectivity index is 2.06. The highest BCUT2D eigenvalue weighted by Gasteiger charge is 2.17. The molecule has 0 aromatic heterocycles. The van der Waals surface area contributed by atoms with Gasteiger partial charge in [0.15, 0.2) is 0 Å². The van der Waals surface area contributed by atoms with Crippen molar-refractivity contribution in [1.82, 2.24) is 5.32 Å². The Morgan fingerprint density at radius 3 is 2.78 bits per heavy atom. The number of nitrogens with one attached hydrogen (secondary N) is 1. The monoisotopic (exact) mass is 254 g/mol. The molecule has 0 saturated heterocycles. The molecular formula is C15H30N2O. The third-order valence-electron chi connectivity index (χ3n) is 4.07. The van der Waals surface area contributed by atoms with E-state index in [0.717, 1.165) is 25.3 Å². The molecule has 0 heterocycles. The van der Waals surface area contributed by atoms with Crippen LogP contribution >= 0.6 is 0 Å². The van der Waals surface area contributed by atoms with Gasteiger partial charge in [-0.25, -0.2) is 0 Å². The second-order valence-electron chi connectivity index (χ2n) is 5.74. The highest BCUT2D eigenvalue weighted by atomic mass is 16.1. The minimum absolute atomic E-state index is 0.174. The van der Waals surface area contributed by atoms with Gasteiger partial charge in [-0.15, -0.1) is 0 Å². The molecule has 0 aromatic rings. The van der Waals surface area contributed by atoms with Crippen molar-refractivity contribution in [2.45, 2.75) is 77.2 Å². The lowest BCUT2D eigenvalue weighted by molar-refractivity contribution is -0.118. The van der Waals surface area contributed by atoms with E-state index in [0.29, 0.717) is 12.5 Å². The number of hydrogen-bond acceptors (Lipinski definition) is 2. The van der Waals surface area contributed by atoms with Gasteiger partial charge in [0, 0.05) is 12.5 Å². The van der Waals surface area contributed by atoms with Crippen molar-refractivity contribution in [2.75, 3.05) is 6.54 Å². The van der Waals surface area contributed by atoms with Crippen LogP contribution in [0.2, 0.25) is 0 Å². The summed E-state index contributed by atoms with van der Waals surface area (Å²) in [6.07, 6.45) is 12.1. The molecule has 2 unspecified atom stereocenters. The highest BCUT2D eigenvalue weighted by molar-refractivity contribution is 5.73. The van der Waals surface area contributed by atoms with Gasteiger partial charge in [-0.2, -0.15) is 0 Å². The second kappa shape index (κ2) is 9.37. The first-order valence-corrected chi connectivity index (χ1v) is 7.74. The van der Waals surface area contributed by atoms with Crippen LogP contribution < -0.4 is 11.1 Å². The Morgan fingerprint density at radius 2 is 2.06 bits per heavy atom. The normalized spacial score (nSPS) is 24.7. The number of rotatable bonds is 8. The van der Waals surface area contributed by atoms with Crippen molar-refractivity contribution < 1.29 is 4.79 Å². The fourth-order valence-electron chi connectivity index (χ4n) is 3.01. The van der Waals surface area contributed by atoms with Gasteiger partial charge in [0.25, 0.3) is 0 Å². The van der Waals surface area contributed by atoms with Gasteiger partial charge in [-0.05, 0) is 44.6 Å². The number of primary amides is 1. The third kappa shape index (κ3) is 7.00. The van der Waals surface area contributed by atoms with Crippen molar-refractivity contribution in [3.63, 3.8) is 0 Å². The molecule has 18 heavy (non-hydrogen) atoms. The molecule has 0 aromatic carbocycles. The number of hydrogen-bond donors (Lipinski definition) is 2. The van der Waals surface area contributed by atoms with E-state index in [2.05, 4.69) is 12.2 Å². The molecule has 1 saturated carbocycles. The largest absolute Gasteiger partial charge is 0.370 e. The highest BCUT2D eigenvalue weighted by Crippen LogP contribution is 2.26. The number of carbonyl (C=O) groups is 1. The van der Waals surface area contributed by atoms with Gasteiger partial charge < -0.3 is 11.1 Å². The van der Waals surface area contributed by atoms with E-state index in [1.807, 2.05) is 0 Å². The van der Waals surface area contributed by atoms with Crippen LogP contribution in [0.3, 0.4) is 0 Å². The maximum Gasteiger partial charge on any atom is 0.217 e. The number of unbranched alkanes of at least 4 members (excludes halogenated alkanes) is 1. The molecule has 3 nitrogen and oxygen atoms in total. The van der Waals surface area contributed by atoms with Gasteiger partial charge in [0.05, 0.1) is 0 Å². The predicted octanol–water partition coefficient (Wildman–Crippen LogP) is 2.98. The number of nitrogens with two attached hydrogens (primary N) is 1. The van der Waals surface area contributed by atoms with E-state index in [4.69, 9.17) is 5.73 Å². The van der Waals surface area contributed by atoms with Crippen LogP contribution in [-0.2, 0) is 4.79 Å². The predicted molar refractivity (Wildman–Crippen MR) is 76.3 cm³/mol. The van der Waals surface area contributed by atoms with Crippen molar-refractivity contribution in [3.05, 3.63) is 0 Å². The third-order valence-corrected chi connectivity index (χ3v) is 4.07. The summed E-state index contributed by atoms with van der Waals surface area (Å²) in [5.74, 6) is 0.795. The molecular weight excluding hydrogens is 224 g/mol. The standard InChI is InChI=1S/C15H30N2O/c1-2-6-13-7-5-8-14(11-10-13)17-12-4-3-9-15(16)18/h13-14,17H,2-12H2,1H3,(H2,16,18). The molecule has 106 valence electrons. The second-order valence-corrected chi connectivity index (χ2v) is 5.74. The van der Waals surface area contributed by atoms with E-state index in [-0.39, 0.29) is 5.91 Å². The van der Waals surface area contributed by atoms with Gasteiger partial charge in [-0.1, -0.05) is 32.6 Å². The summed E-state index contributed by atoms with van der Waals surface area (Å²) in [5.41, 5.74) is 5.12. The average molecular weight is 254 g/mol. The van der Waals surface area contributed by atoms with Crippen molar-refractivity contribution in [1.29, 1.82) is 0 Å². The molecule has 1 fully saturated rings. The van der Waals surface area contributed by atoms with E-state index < -0.39 is 0 Å². The van der Waals surface area contributed by atoms with Gasteiger partial charge in [-0.3, -0.25) is 4.79 Å². The van der Waals surface area contributed by atoms with Crippen molar-refractivity contribution in [3.8, 4) is 0 Å². The van der Waals surface area contributed by atoms with Crippen LogP contribution in [0.25, 0.3) is 0 Å². The van der Waals surface area contributed by atoms with E-state index in [1.165, 1.54) is 44.9 Å². The van der Waals surface area contributed by atoms with Crippen LogP contribution in [0.1, 0.15) is 71.1 Å². The molecule has 3 N–H and O–H groups in total. The molecule has 1 amide bonds. The van der Waals surface area contributed by atoms with E-state index in [9.17, 15) is 4.79 Å². The lowest BCUT2D eigenvalue weighted by Crippen LogP contribution is -2.29. The van der Waals surface area contributed by atoms with Crippen LogP contribution in [0, 0.1) is 5.92 Å². The molecule has 2 atom stereocenters. The van der Waals surface area contributed by atoms with Gasteiger partial charge >= 0.3 is 0 Å². The zero-order valence-electron chi connectivity index (χ0n) is 11.9. The molecule has 0 aliphatic heterocycles. The molecule has 1 aliphatic carbocycles. The molecule has 3 heteroatoms. The summed E-state index contributed by atoms with van der Waals surface area (Å²) < 4.78 is 0. The molecule has 0 spiro atoms. The zero-order chi connectivity index (χ0) is 13.2. The maximum atomic E-state index is 10.6. The molecule has 1 aliphatic rings. The minimum Gasteiger partial charge on any atom is -0.370 e. The maximum absolute atomic E-state index is 10.6. The van der Waals surface area contributed by atoms with Gasteiger partial charge in [0.1, 0.15) is 0 Å². The first-order chi connectivity index (χ1) is 8.72. The minimum atomic E-state index is -0.174. The van der Waals surface area contributed by atoms with Gasteiger partial charge in [0.2, 0.25) is 5.91 Å². The Morgan fingerprint density at radius 1 is 1.22 bits per heavy atom. The lowest BCUT2D eigenvalue weighted by atomic mass is 9.95. The van der Waals surface area contributed by atoms with Crippen molar-refractivity contribution in [2.24, 2.45) is 11.7 Å². The summed E-state index contributed by atoms with van der Waals surface area (Å²) in [4.78, 5) is 10.6. The molecule has 0 radical (unpaired) electrons. The van der Waals surface area contributed by atoms with Crippen molar-refractivity contribution >= 4 is 5.91 Å². The SMILES string of the molecule is CCCC1CCCC(NCCCCC(N)=O)CC1. The summed E-state index contributed by atoms with van der Waals surface area (Å²) in [6.45, 7) is 3.33. The van der Waals surface area contributed by atoms with E-state index >= 15 is 0 Å². The first-order valence-electron chi connectivity index (χ1n) is 7.74. The average Bonchev–Trinajstić information content (AvgIpc) is 2.55. The summed E-state index contributed by atoms with van der Waals surface area (Å²) >= 11 is 0. The Hall–Kier alpha value is -0.570. The fourth-order valence-corrected chi connectivity index (χ4v) is 3.01. The van der Waals surface area contributed by atoms with Crippen LogP contribution in [0.5, 0.6) is 0 Å². The number of carbonyl (C=O) groups excluding carboxylic acids is 1. The van der Waals surface area contributed by atoms with E-state index in [1.54, 1.807) is 0 Å². The molecule has 0 bridgehead atoms. The lowest BCUT2D eigenvalue weighted by Gasteiger charge is -2.16. The summed E-state index contributed by atoms with van der Waals surface area (Å²) in [5, 5.41) is 3.65.